The van der Waals surface area contributed by atoms with Crippen molar-refractivity contribution in [1.82, 2.24) is 0 Å². The summed E-state index contributed by atoms with van der Waals surface area (Å²) in [5, 5.41) is 0. The van der Waals surface area contributed by atoms with Gasteiger partial charge in [0.25, 0.3) is 0 Å². The number of fused-ring (bicyclic) bond motifs is 5. The van der Waals surface area contributed by atoms with Crippen LogP contribution in [0.25, 0.3) is 0 Å². The van der Waals surface area contributed by atoms with Crippen molar-refractivity contribution >= 4 is 6.16 Å². The molecule has 2 bridgehead atoms. The highest BCUT2D eigenvalue weighted by Crippen LogP contribution is 2.37. The molecule has 0 aromatic rings. The number of hydrogen-bond acceptors (Lipinski definition) is 4. The molecular formula is C7H6O4. The van der Waals surface area contributed by atoms with Crippen LogP contribution in [0.5, 0.6) is 0 Å². The molecule has 0 unspecified atom stereocenters. The highest BCUT2D eigenvalue weighted by molar-refractivity contribution is 5.63. The quantitative estimate of drug-likeness (QED) is 0.370. The Hall–Kier alpha value is -1.03. The molecule has 4 nitrogen and oxygen atoms in total. The van der Waals surface area contributed by atoms with Crippen LogP contribution in [0.3, 0.4) is 0 Å². The van der Waals surface area contributed by atoms with Crippen molar-refractivity contribution in [2.45, 2.75) is 24.4 Å². The fraction of sp³-hybridized carbons (Fsp3) is 0.571. The predicted octanol–water partition coefficient (Wildman–Crippen LogP) is 0.228. The van der Waals surface area contributed by atoms with Crippen molar-refractivity contribution in [1.29, 1.82) is 0 Å². The van der Waals surface area contributed by atoms with Gasteiger partial charge in [0.05, 0.1) is 0 Å². The van der Waals surface area contributed by atoms with Crippen LogP contribution in [0, 0.1) is 0 Å². The number of carbonyl (C=O) groups is 1. The molecule has 4 atom stereocenters. The molecule has 58 valence electrons. The van der Waals surface area contributed by atoms with Gasteiger partial charge < -0.3 is 14.2 Å². The number of carbonyl (C=O) groups excluding carboxylic acids is 1. The summed E-state index contributed by atoms with van der Waals surface area (Å²) in [6.45, 7) is 0. The van der Waals surface area contributed by atoms with Crippen molar-refractivity contribution in [2.75, 3.05) is 0 Å². The standard InChI is InChI=1S/C7H6O4/c8-7-10-5-3-1-2-4(9-3)6(5)11-7/h1-6H/t3-,4-,5+,6+/m1/s1. The van der Waals surface area contributed by atoms with Crippen LogP contribution in [0.4, 0.5) is 4.79 Å². The maximum Gasteiger partial charge on any atom is 0.509 e. The van der Waals surface area contributed by atoms with E-state index in [1.807, 2.05) is 12.2 Å². The Balaban J connectivity index is 1.97. The van der Waals surface area contributed by atoms with Gasteiger partial charge in [-0.15, -0.1) is 0 Å². The summed E-state index contributed by atoms with van der Waals surface area (Å²) in [4.78, 5) is 10.6. The van der Waals surface area contributed by atoms with Gasteiger partial charge in [0, 0.05) is 0 Å². The van der Waals surface area contributed by atoms with Gasteiger partial charge in [0.2, 0.25) is 0 Å². The lowest BCUT2D eigenvalue weighted by Gasteiger charge is -2.10. The van der Waals surface area contributed by atoms with E-state index in [1.165, 1.54) is 0 Å². The van der Waals surface area contributed by atoms with E-state index in [-0.39, 0.29) is 24.4 Å². The van der Waals surface area contributed by atoms with E-state index in [1.54, 1.807) is 0 Å². The van der Waals surface area contributed by atoms with Crippen molar-refractivity contribution < 1.29 is 19.0 Å². The molecule has 0 saturated carbocycles. The minimum absolute atomic E-state index is 0.0727. The Morgan fingerprint density at radius 2 is 1.64 bits per heavy atom. The van der Waals surface area contributed by atoms with Crippen LogP contribution < -0.4 is 0 Å². The molecule has 2 saturated heterocycles. The third kappa shape index (κ3) is 0.557. The first-order valence-corrected chi connectivity index (χ1v) is 3.56. The molecule has 3 aliphatic rings. The van der Waals surface area contributed by atoms with E-state index < -0.39 is 6.16 Å². The Bertz CT molecular complexity index is 225. The number of rotatable bonds is 0. The topological polar surface area (TPSA) is 44.8 Å². The van der Waals surface area contributed by atoms with Crippen LogP contribution in [-0.2, 0) is 14.2 Å². The fourth-order valence-electron chi connectivity index (χ4n) is 1.76. The molecule has 0 N–H and O–H groups in total. The maximum atomic E-state index is 10.6. The number of ether oxygens (including phenoxy) is 3. The average molecular weight is 154 g/mol. The predicted molar refractivity (Wildman–Crippen MR) is 32.9 cm³/mol. The Morgan fingerprint density at radius 1 is 1.09 bits per heavy atom. The highest BCUT2D eigenvalue weighted by atomic mass is 16.8. The van der Waals surface area contributed by atoms with E-state index in [2.05, 4.69) is 0 Å². The van der Waals surface area contributed by atoms with Gasteiger partial charge in [-0.2, -0.15) is 0 Å². The average Bonchev–Trinajstić information content (AvgIpc) is 2.53. The lowest BCUT2D eigenvalue weighted by atomic mass is 10.0. The molecule has 0 spiro atoms. The second-order valence-corrected chi connectivity index (χ2v) is 2.87. The Kier molecular flexibility index (Phi) is 0.806. The van der Waals surface area contributed by atoms with E-state index in [9.17, 15) is 4.79 Å². The minimum atomic E-state index is -0.568. The number of hydrogen-bond donors (Lipinski definition) is 0. The summed E-state index contributed by atoms with van der Waals surface area (Å²) in [5.41, 5.74) is 0. The summed E-state index contributed by atoms with van der Waals surface area (Å²) in [6.07, 6.45) is 2.71. The highest BCUT2D eigenvalue weighted by Gasteiger charge is 2.55. The second-order valence-electron chi connectivity index (χ2n) is 2.87. The second kappa shape index (κ2) is 1.58. The smallest absolute Gasteiger partial charge is 0.424 e. The van der Waals surface area contributed by atoms with E-state index in [0.29, 0.717) is 0 Å². The minimum Gasteiger partial charge on any atom is -0.424 e. The molecule has 4 heteroatoms. The van der Waals surface area contributed by atoms with Crippen molar-refractivity contribution in [3.05, 3.63) is 12.2 Å². The maximum absolute atomic E-state index is 10.6. The van der Waals surface area contributed by atoms with Crippen LogP contribution >= 0.6 is 0 Å². The normalized spacial score (nSPS) is 50.7. The van der Waals surface area contributed by atoms with Crippen LogP contribution in [0.1, 0.15) is 0 Å². The summed E-state index contributed by atoms with van der Waals surface area (Å²) in [7, 11) is 0. The molecule has 0 aromatic carbocycles. The summed E-state index contributed by atoms with van der Waals surface area (Å²) < 4.78 is 15.1. The molecule has 3 heterocycles. The molecule has 0 aliphatic carbocycles. The Morgan fingerprint density at radius 3 is 2.18 bits per heavy atom. The van der Waals surface area contributed by atoms with Gasteiger partial charge in [0.1, 0.15) is 12.2 Å². The molecule has 0 radical (unpaired) electrons. The first-order valence-electron chi connectivity index (χ1n) is 3.56. The SMILES string of the molecule is O=C1O[C@@H]2[C@@H](O1)[C@H]1C=C[C@H]2O1. The lowest BCUT2D eigenvalue weighted by Crippen LogP contribution is -2.30. The molecule has 11 heavy (non-hydrogen) atoms. The molecule has 2 fully saturated rings. The van der Waals surface area contributed by atoms with Gasteiger partial charge in [-0.25, -0.2) is 4.79 Å². The molecular weight excluding hydrogens is 148 g/mol. The van der Waals surface area contributed by atoms with E-state index in [4.69, 9.17) is 14.2 Å². The molecule has 0 aromatic heterocycles. The van der Waals surface area contributed by atoms with Crippen LogP contribution in [0.15, 0.2) is 12.2 Å². The lowest BCUT2D eigenvalue weighted by molar-refractivity contribution is 0.0262. The largest absolute Gasteiger partial charge is 0.509 e. The van der Waals surface area contributed by atoms with Crippen LogP contribution in [-0.4, -0.2) is 30.6 Å². The molecule has 3 rings (SSSR count). The van der Waals surface area contributed by atoms with Crippen LogP contribution in [0.2, 0.25) is 0 Å². The zero-order chi connectivity index (χ0) is 7.42. The van der Waals surface area contributed by atoms with E-state index in [0.717, 1.165) is 0 Å². The molecule has 3 aliphatic heterocycles. The van der Waals surface area contributed by atoms with Gasteiger partial charge in [-0.1, -0.05) is 12.2 Å². The third-order valence-corrected chi connectivity index (χ3v) is 2.24. The zero-order valence-corrected chi connectivity index (χ0v) is 5.60. The van der Waals surface area contributed by atoms with Gasteiger partial charge >= 0.3 is 6.16 Å². The molecule has 0 amide bonds. The van der Waals surface area contributed by atoms with Gasteiger partial charge in [-0.05, 0) is 0 Å². The Labute approximate surface area is 62.7 Å². The fourth-order valence-corrected chi connectivity index (χ4v) is 1.76. The monoisotopic (exact) mass is 154 g/mol. The first-order chi connectivity index (χ1) is 5.34. The van der Waals surface area contributed by atoms with E-state index >= 15 is 0 Å². The summed E-state index contributed by atoms with van der Waals surface area (Å²) in [5.74, 6) is 0. The van der Waals surface area contributed by atoms with Gasteiger partial charge in [0.15, 0.2) is 12.2 Å². The van der Waals surface area contributed by atoms with Crippen molar-refractivity contribution in [2.24, 2.45) is 0 Å². The third-order valence-electron chi connectivity index (χ3n) is 2.24. The van der Waals surface area contributed by atoms with Crippen molar-refractivity contribution in [3.8, 4) is 0 Å². The van der Waals surface area contributed by atoms with Crippen molar-refractivity contribution in [3.63, 3.8) is 0 Å². The zero-order valence-electron chi connectivity index (χ0n) is 5.60. The first kappa shape index (κ1) is 5.60. The summed E-state index contributed by atoms with van der Waals surface area (Å²) in [6, 6.07) is 0. The van der Waals surface area contributed by atoms with Gasteiger partial charge in [-0.3, -0.25) is 0 Å². The summed E-state index contributed by atoms with van der Waals surface area (Å²) >= 11 is 0.